The summed E-state index contributed by atoms with van der Waals surface area (Å²) in [4.78, 5) is 6.81. The Hall–Kier alpha value is -0.380. The van der Waals surface area contributed by atoms with Crippen LogP contribution in [0.3, 0.4) is 0 Å². The molecule has 1 atom stereocenters. The maximum atomic E-state index is 4.40. The Bertz CT molecular complexity index is 251. The fraction of sp³-hybridized carbons (Fsp3) is 0.923. The number of hydrogen-bond acceptors (Lipinski definition) is 2. The standard InChI is InChI=1S/C13H27N3S/c1-10(2)8-15-13(14-5)16-6-7-17-12(9-16)11(3)4/h10-12H,6-9H2,1-5H3,(H,14,15). The number of thioether (sulfide) groups is 1. The summed E-state index contributed by atoms with van der Waals surface area (Å²) in [5.41, 5.74) is 0. The summed E-state index contributed by atoms with van der Waals surface area (Å²) in [7, 11) is 1.88. The topological polar surface area (TPSA) is 27.6 Å². The van der Waals surface area contributed by atoms with Gasteiger partial charge in [-0.05, 0) is 11.8 Å². The van der Waals surface area contributed by atoms with Gasteiger partial charge in [-0.1, -0.05) is 27.7 Å². The Morgan fingerprint density at radius 1 is 1.41 bits per heavy atom. The van der Waals surface area contributed by atoms with Crippen LogP contribution in [0.25, 0.3) is 0 Å². The monoisotopic (exact) mass is 257 g/mol. The largest absolute Gasteiger partial charge is 0.356 e. The second-order valence-electron chi connectivity index (χ2n) is 5.42. The Morgan fingerprint density at radius 2 is 2.12 bits per heavy atom. The normalized spacial score (nSPS) is 22.4. The van der Waals surface area contributed by atoms with Gasteiger partial charge < -0.3 is 10.2 Å². The molecule has 0 amide bonds. The highest BCUT2D eigenvalue weighted by atomic mass is 32.2. The van der Waals surface area contributed by atoms with E-state index in [0.29, 0.717) is 5.92 Å². The van der Waals surface area contributed by atoms with Crippen molar-refractivity contribution >= 4 is 17.7 Å². The van der Waals surface area contributed by atoms with Crippen LogP contribution in [0.4, 0.5) is 0 Å². The van der Waals surface area contributed by atoms with Gasteiger partial charge in [0.05, 0.1) is 0 Å². The van der Waals surface area contributed by atoms with Crippen LogP contribution in [0.15, 0.2) is 4.99 Å². The Morgan fingerprint density at radius 3 is 2.65 bits per heavy atom. The van der Waals surface area contributed by atoms with Crippen molar-refractivity contribution in [3.63, 3.8) is 0 Å². The number of rotatable bonds is 3. The van der Waals surface area contributed by atoms with E-state index in [9.17, 15) is 0 Å². The molecule has 100 valence electrons. The van der Waals surface area contributed by atoms with E-state index in [1.807, 2.05) is 7.05 Å². The summed E-state index contributed by atoms with van der Waals surface area (Å²) in [6, 6.07) is 0. The lowest BCUT2D eigenvalue weighted by molar-refractivity contribution is 0.378. The van der Waals surface area contributed by atoms with E-state index in [-0.39, 0.29) is 0 Å². The first-order chi connectivity index (χ1) is 8.04. The molecular formula is C13H27N3S. The number of hydrogen-bond donors (Lipinski definition) is 1. The predicted molar refractivity (Wildman–Crippen MR) is 78.9 cm³/mol. The van der Waals surface area contributed by atoms with Gasteiger partial charge in [-0.2, -0.15) is 11.8 Å². The third-order valence-corrected chi connectivity index (χ3v) is 4.56. The second kappa shape index (κ2) is 7.14. The quantitative estimate of drug-likeness (QED) is 0.621. The van der Waals surface area contributed by atoms with Crippen LogP contribution in [-0.2, 0) is 0 Å². The molecule has 0 bridgehead atoms. The van der Waals surface area contributed by atoms with Crippen molar-refractivity contribution < 1.29 is 0 Å². The minimum absolute atomic E-state index is 0.659. The van der Waals surface area contributed by atoms with E-state index in [0.717, 1.165) is 36.8 Å². The molecule has 0 aromatic heterocycles. The summed E-state index contributed by atoms with van der Waals surface area (Å²) in [5.74, 6) is 3.69. The zero-order valence-electron chi connectivity index (χ0n) is 11.9. The lowest BCUT2D eigenvalue weighted by Gasteiger charge is -2.36. The third-order valence-electron chi connectivity index (χ3n) is 3.02. The number of aliphatic imine (C=N–C) groups is 1. The average Bonchev–Trinajstić information content (AvgIpc) is 2.30. The van der Waals surface area contributed by atoms with Crippen molar-refractivity contribution in [2.24, 2.45) is 16.8 Å². The molecule has 0 aromatic rings. The van der Waals surface area contributed by atoms with Gasteiger partial charge in [-0.15, -0.1) is 0 Å². The fourth-order valence-electron chi connectivity index (χ4n) is 1.90. The molecule has 1 N–H and O–H groups in total. The summed E-state index contributed by atoms with van der Waals surface area (Å²) in [6.07, 6.45) is 0. The van der Waals surface area contributed by atoms with Gasteiger partial charge in [-0.3, -0.25) is 4.99 Å². The molecule has 0 aliphatic carbocycles. The fourth-order valence-corrected chi connectivity index (χ4v) is 3.20. The van der Waals surface area contributed by atoms with E-state index >= 15 is 0 Å². The third kappa shape index (κ3) is 4.78. The molecule has 1 aliphatic rings. The lowest BCUT2D eigenvalue weighted by Crippen LogP contribution is -2.49. The Kier molecular flexibility index (Phi) is 6.17. The van der Waals surface area contributed by atoms with Gasteiger partial charge in [0, 0.05) is 37.7 Å². The van der Waals surface area contributed by atoms with E-state index in [1.165, 1.54) is 5.75 Å². The highest BCUT2D eigenvalue weighted by Gasteiger charge is 2.24. The number of nitrogens with zero attached hydrogens (tertiary/aromatic N) is 2. The van der Waals surface area contributed by atoms with Crippen molar-refractivity contribution in [3.05, 3.63) is 0 Å². The SMILES string of the molecule is CN=C(NCC(C)C)N1CCSC(C(C)C)C1. The second-order valence-corrected chi connectivity index (χ2v) is 6.77. The molecule has 1 heterocycles. The molecule has 0 saturated carbocycles. The van der Waals surface area contributed by atoms with Crippen LogP contribution in [0.1, 0.15) is 27.7 Å². The highest BCUT2D eigenvalue weighted by molar-refractivity contribution is 8.00. The number of guanidine groups is 1. The predicted octanol–water partition coefficient (Wildman–Crippen LogP) is 2.29. The first-order valence-corrected chi connectivity index (χ1v) is 7.66. The van der Waals surface area contributed by atoms with Gasteiger partial charge in [0.25, 0.3) is 0 Å². The summed E-state index contributed by atoms with van der Waals surface area (Å²) < 4.78 is 0. The lowest BCUT2D eigenvalue weighted by atomic mass is 10.1. The molecule has 0 spiro atoms. The van der Waals surface area contributed by atoms with E-state index < -0.39 is 0 Å². The zero-order chi connectivity index (χ0) is 12.8. The molecular weight excluding hydrogens is 230 g/mol. The maximum absolute atomic E-state index is 4.40. The van der Waals surface area contributed by atoms with E-state index in [2.05, 4.69) is 54.7 Å². The Labute approximate surface area is 110 Å². The minimum Gasteiger partial charge on any atom is -0.356 e. The molecule has 1 unspecified atom stereocenters. The smallest absolute Gasteiger partial charge is 0.193 e. The molecule has 1 rings (SSSR count). The van der Waals surface area contributed by atoms with Crippen LogP contribution < -0.4 is 5.32 Å². The van der Waals surface area contributed by atoms with Gasteiger partial charge in [-0.25, -0.2) is 0 Å². The summed E-state index contributed by atoms with van der Waals surface area (Å²) >= 11 is 2.10. The van der Waals surface area contributed by atoms with Crippen LogP contribution in [0, 0.1) is 11.8 Å². The Balaban J connectivity index is 2.51. The molecule has 1 aliphatic heterocycles. The zero-order valence-corrected chi connectivity index (χ0v) is 12.7. The van der Waals surface area contributed by atoms with Gasteiger partial charge in [0.2, 0.25) is 0 Å². The average molecular weight is 257 g/mol. The van der Waals surface area contributed by atoms with Crippen molar-refractivity contribution in [2.75, 3.05) is 32.4 Å². The molecule has 3 nitrogen and oxygen atoms in total. The molecule has 0 aromatic carbocycles. The number of nitrogens with one attached hydrogen (secondary N) is 1. The van der Waals surface area contributed by atoms with Crippen LogP contribution in [0.2, 0.25) is 0 Å². The van der Waals surface area contributed by atoms with Gasteiger partial charge in [0.1, 0.15) is 0 Å². The van der Waals surface area contributed by atoms with Crippen LogP contribution >= 0.6 is 11.8 Å². The maximum Gasteiger partial charge on any atom is 0.193 e. The van der Waals surface area contributed by atoms with Crippen LogP contribution in [-0.4, -0.2) is 48.5 Å². The van der Waals surface area contributed by atoms with Gasteiger partial charge in [0.15, 0.2) is 5.96 Å². The van der Waals surface area contributed by atoms with Crippen molar-refractivity contribution in [1.82, 2.24) is 10.2 Å². The molecule has 1 saturated heterocycles. The highest BCUT2D eigenvalue weighted by Crippen LogP contribution is 2.24. The summed E-state index contributed by atoms with van der Waals surface area (Å²) in [5, 5.41) is 4.20. The molecule has 1 fully saturated rings. The minimum atomic E-state index is 0.659. The van der Waals surface area contributed by atoms with Crippen LogP contribution in [0.5, 0.6) is 0 Å². The van der Waals surface area contributed by atoms with Crippen molar-refractivity contribution in [2.45, 2.75) is 32.9 Å². The van der Waals surface area contributed by atoms with Crippen molar-refractivity contribution in [1.29, 1.82) is 0 Å². The molecule has 0 radical (unpaired) electrons. The van der Waals surface area contributed by atoms with E-state index in [1.54, 1.807) is 0 Å². The first-order valence-electron chi connectivity index (χ1n) is 6.61. The van der Waals surface area contributed by atoms with E-state index in [4.69, 9.17) is 0 Å². The summed E-state index contributed by atoms with van der Waals surface area (Å²) in [6.45, 7) is 12.3. The van der Waals surface area contributed by atoms with Crippen molar-refractivity contribution in [3.8, 4) is 0 Å². The first kappa shape index (κ1) is 14.7. The molecule has 4 heteroatoms. The van der Waals surface area contributed by atoms with Gasteiger partial charge >= 0.3 is 0 Å². The molecule has 17 heavy (non-hydrogen) atoms.